The van der Waals surface area contributed by atoms with Crippen LogP contribution in [-0.4, -0.2) is 35.5 Å². The second-order valence-electron chi connectivity index (χ2n) is 3.71. The molecule has 6 heteroatoms. The Morgan fingerprint density at radius 3 is 2.94 bits per heavy atom. The van der Waals surface area contributed by atoms with Gasteiger partial charge in [-0.15, -0.1) is 11.6 Å². The van der Waals surface area contributed by atoms with E-state index in [2.05, 4.69) is 5.10 Å². The highest BCUT2D eigenvalue weighted by atomic mass is 35.5. The number of aryl methyl sites for hydroxylation is 2. The van der Waals surface area contributed by atoms with Gasteiger partial charge in [-0.3, -0.25) is 0 Å². The van der Waals surface area contributed by atoms with Crippen LogP contribution >= 0.6 is 11.6 Å². The van der Waals surface area contributed by atoms with E-state index in [1.165, 1.54) is 0 Å². The van der Waals surface area contributed by atoms with Crippen LogP contribution in [0.1, 0.15) is 17.5 Å². The van der Waals surface area contributed by atoms with Crippen molar-refractivity contribution in [2.45, 2.75) is 19.3 Å². The fraction of sp³-hybridized carbons (Fsp3) is 0.700. The summed E-state index contributed by atoms with van der Waals surface area (Å²) in [4.78, 5) is 0. The van der Waals surface area contributed by atoms with Crippen molar-refractivity contribution < 1.29 is 14.2 Å². The Morgan fingerprint density at radius 2 is 2.38 bits per heavy atom. The largest absolute Gasteiger partial charge is 0.481 e. The van der Waals surface area contributed by atoms with Crippen molar-refractivity contribution in [3.05, 3.63) is 11.3 Å². The molecule has 1 saturated heterocycles. The molecule has 16 heavy (non-hydrogen) atoms. The monoisotopic (exact) mass is 246 g/mol. The molecule has 1 aliphatic heterocycles. The van der Waals surface area contributed by atoms with E-state index in [1.807, 2.05) is 14.0 Å². The molecule has 2 rings (SSSR count). The molecule has 1 aromatic rings. The van der Waals surface area contributed by atoms with Crippen LogP contribution in [0.15, 0.2) is 0 Å². The summed E-state index contributed by atoms with van der Waals surface area (Å²) in [6.07, 6.45) is -0.483. The van der Waals surface area contributed by atoms with Gasteiger partial charge >= 0.3 is 0 Å². The van der Waals surface area contributed by atoms with Gasteiger partial charge in [0.05, 0.1) is 37.0 Å². The summed E-state index contributed by atoms with van der Waals surface area (Å²) in [5.41, 5.74) is 1.69. The highest BCUT2D eigenvalue weighted by molar-refractivity contribution is 6.18. The summed E-state index contributed by atoms with van der Waals surface area (Å²) >= 11 is 5.72. The number of rotatable bonds is 3. The lowest BCUT2D eigenvalue weighted by molar-refractivity contribution is -0.0584. The van der Waals surface area contributed by atoms with Gasteiger partial charge in [0, 0.05) is 7.05 Å². The van der Waals surface area contributed by atoms with Crippen molar-refractivity contribution in [3.63, 3.8) is 0 Å². The molecule has 1 aliphatic rings. The van der Waals surface area contributed by atoms with Crippen LogP contribution < -0.4 is 4.74 Å². The summed E-state index contributed by atoms with van der Waals surface area (Å²) in [5.74, 6) is 1.09. The maximum atomic E-state index is 5.72. The smallest absolute Gasteiger partial charge is 0.219 e. The van der Waals surface area contributed by atoms with Crippen molar-refractivity contribution in [1.29, 1.82) is 0 Å². The van der Waals surface area contributed by atoms with Crippen LogP contribution in [0, 0.1) is 6.92 Å². The van der Waals surface area contributed by atoms with Gasteiger partial charge in [0.1, 0.15) is 0 Å². The molecule has 2 heterocycles. The average Bonchev–Trinajstić information content (AvgIpc) is 2.82. The quantitative estimate of drug-likeness (QED) is 0.756. The molecule has 90 valence electrons. The summed E-state index contributed by atoms with van der Waals surface area (Å²) in [6.45, 7) is 2.41. The minimum Gasteiger partial charge on any atom is -0.481 e. The third-order valence-corrected chi connectivity index (χ3v) is 2.91. The predicted octanol–water partition coefficient (Wildman–Crippen LogP) is 1.39. The van der Waals surface area contributed by atoms with E-state index < -0.39 is 6.29 Å². The Hall–Kier alpha value is -0.780. The van der Waals surface area contributed by atoms with E-state index in [-0.39, 0.29) is 6.10 Å². The highest BCUT2D eigenvalue weighted by Gasteiger charge is 2.32. The first-order chi connectivity index (χ1) is 7.67. The second kappa shape index (κ2) is 4.61. The fourth-order valence-corrected chi connectivity index (χ4v) is 2.01. The molecule has 2 atom stereocenters. The molecule has 0 aliphatic carbocycles. The van der Waals surface area contributed by atoms with Gasteiger partial charge in [-0.25, -0.2) is 4.68 Å². The summed E-state index contributed by atoms with van der Waals surface area (Å²) in [5, 5.41) is 4.28. The first-order valence-corrected chi connectivity index (χ1v) is 5.61. The van der Waals surface area contributed by atoms with Crippen LogP contribution in [0.25, 0.3) is 0 Å². The van der Waals surface area contributed by atoms with E-state index in [9.17, 15) is 0 Å². The van der Waals surface area contributed by atoms with Crippen molar-refractivity contribution in [3.8, 4) is 5.88 Å². The molecule has 0 bridgehead atoms. The minimum absolute atomic E-state index is 0.0593. The van der Waals surface area contributed by atoms with Gasteiger partial charge in [0.2, 0.25) is 5.88 Å². The number of alkyl halides is 1. The first kappa shape index (κ1) is 11.7. The predicted molar refractivity (Wildman–Crippen MR) is 58.8 cm³/mol. The summed E-state index contributed by atoms with van der Waals surface area (Å²) < 4.78 is 18.1. The lowest BCUT2D eigenvalue weighted by atomic mass is 10.2. The van der Waals surface area contributed by atoms with Gasteiger partial charge in [-0.1, -0.05) is 0 Å². The molecule has 0 radical (unpaired) electrons. The molecule has 2 unspecified atom stereocenters. The normalized spacial score (nSPS) is 25.0. The standard InChI is InChI=1S/C10H15ClN2O3/c1-6-8(9(14-3)13(2)12-6)10-15-5-7(4-11)16-10/h7,10H,4-5H2,1-3H3. The lowest BCUT2D eigenvalue weighted by Crippen LogP contribution is -2.11. The Balaban J connectivity index is 2.27. The number of ether oxygens (including phenoxy) is 3. The topological polar surface area (TPSA) is 45.5 Å². The number of aromatic nitrogens is 2. The Bertz CT molecular complexity index is 380. The average molecular weight is 247 g/mol. The number of hydrogen-bond acceptors (Lipinski definition) is 4. The van der Waals surface area contributed by atoms with E-state index >= 15 is 0 Å². The van der Waals surface area contributed by atoms with Crippen molar-refractivity contribution in [1.82, 2.24) is 9.78 Å². The molecule has 0 aromatic carbocycles. The van der Waals surface area contributed by atoms with Crippen LogP contribution in [0.5, 0.6) is 5.88 Å². The van der Waals surface area contributed by atoms with Crippen molar-refractivity contribution >= 4 is 11.6 Å². The molecular weight excluding hydrogens is 232 g/mol. The fourth-order valence-electron chi connectivity index (χ4n) is 1.85. The zero-order valence-corrected chi connectivity index (χ0v) is 10.3. The first-order valence-electron chi connectivity index (χ1n) is 5.08. The van der Waals surface area contributed by atoms with E-state index in [0.717, 1.165) is 11.3 Å². The van der Waals surface area contributed by atoms with E-state index in [0.29, 0.717) is 18.4 Å². The van der Waals surface area contributed by atoms with Crippen LogP contribution in [0.3, 0.4) is 0 Å². The zero-order chi connectivity index (χ0) is 11.7. The third kappa shape index (κ3) is 1.90. The molecule has 1 fully saturated rings. The second-order valence-corrected chi connectivity index (χ2v) is 4.02. The number of halogens is 1. The molecular formula is C10H15ClN2O3. The van der Waals surface area contributed by atoms with Gasteiger partial charge in [0.15, 0.2) is 6.29 Å². The molecule has 0 spiro atoms. The lowest BCUT2D eigenvalue weighted by Gasteiger charge is -2.11. The van der Waals surface area contributed by atoms with Crippen molar-refractivity contribution in [2.24, 2.45) is 7.05 Å². The van der Waals surface area contributed by atoms with Crippen LogP contribution in [-0.2, 0) is 16.5 Å². The molecule has 0 amide bonds. The minimum atomic E-state index is -0.424. The third-order valence-electron chi connectivity index (χ3n) is 2.56. The number of methoxy groups -OCH3 is 1. The van der Waals surface area contributed by atoms with Gasteiger partial charge in [-0.05, 0) is 6.92 Å². The number of nitrogens with zero attached hydrogens (tertiary/aromatic N) is 2. The van der Waals surface area contributed by atoms with Gasteiger partial charge in [0.25, 0.3) is 0 Å². The van der Waals surface area contributed by atoms with E-state index in [1.54, 1.807) is 11.8 Å². The molecule has 0 N–H and O–H groups in total. The SMILES string of the molecule is COc1c(C2OCC(CCl)O2)c(C)nn1C. The molecule has 1 aromatic heterocycles. The summed E-state index contributed by atoms with van der Waals surface area (Å²) in [7, 11) is 3.43. The Morgan fingerprint density at radius 1 is 1.62 bits per heavy atom. The van der Waals surface area contributed by atoms with Gasteiger partial charge < -0.3 is 14.2 Å². The van der Waals surface area contributed by atoms with E-state index in [4.69, 9.17) is 25.8 Å². The van der Waals surface area contributed by atoms with Gasteiger partial charge in [-0.2, -0.15) is 5.10 Å². The highest BCUT2D eigenvalue weighted by Crippen LogP contribution is 2.35. The maximum absolute atomic E-state index is 5.72. The Labute approximate surface area is 99.2 Å². The molecule has 5 nitrogen and oxygen atoms in total. The molecule has 0 saturated carbocycles. The zero-order valence-electron chi connectivity index (χ0n) is 9.57. The Kier molecular flexibility index (Phi) is 3.37. The maximum Gasteiger partial charge on any atom is 0.219 e. The number of hydrogen-bond donors (Lipinski definition) is 0. The van der Waals surface area contributed by atoms with Crippen LogP contribution in [0.4, 0.5) is 0 Å². The summed E-state index contributed by atoms with van der Waals surface area (Å²) in [6, 6.07) is 0. The van der Waals surface area contributed by atoms with Crippen LogP contribution in [0.2, 0.25) is 0 Å². The van der Waals surface area contributed by atoms with Crippen molar-refractivity contribution in [2.75, 3.05) is 19.6 Å².